The molecule has 1 amide bonds. The Balaban J connectivity index is 1.59. The van der Waals surface area contributed by atoms with Gasteiger partial charge in [0.25, 0.3) is 12.2 Å². The molecule has 5 heteroatoms. The van der Waals surface area contributed by atoms with E-state index in [1.807, 2.05) is 18.2 Å². The monoisotopic (exact) mass is 321 g/mol. The van der Waals surface area contributed by atoms with Crippen LogP contribution in [0.3, 0.4) is 0 Å². The topological polar surface area (TPSA) is 64.6 Å². The van der Waals surface area contributed by atoms with E-state index in [2.05, 4.69) is 11.2 Å². The van der Waals surface area contributed by atoms with Gasteiger partial charge in [0.1, 0.15) is 0 Å². The van der Waals surface area contributed by atoms with Gasteiger partial charge in [-0.25, -0.2) is 4.79 Å². The van der Waals surface area contributed by atoms with Crippen molar-refractivity contribution in [3.05, 3.63) is 58.4 Å². The summed E-state index contributed by atoms with van der Waals surface area (Å²) in [6, 6.07) is 5.73. The number of rotatable bonds is 2. The first-order valence-electron chi connectivity index (χ1n) is 7.72. The summed E-state index contributed by atoms with van der Waals surface area (Å²) in [5.74, 6) is 2.11. The highest BCUT2D eigenvalue weighted by molar-refractivity contribution is 5.97. The Kier molecular flexibility index (Phi) is 3.20. The largest absolute Gasteiger partial charge is 0.458 e. The lowest BCUT2D eigenvalue weighted by Gasteiger charge is -2.11. The van der Waals surface area contributed by atoms with E-state index in [0.29, 0.717) is 17.6 Å². The number of ether oxygens (including phenoxy) is 2. The maximum atomic E-state index is 12.3. The number of carbonyl (C=O) groups excluding carboxylic acids is 2. The van der Waals surface area contributed by atoms with Crippen LogP contribution >= 0.6 is 0 Å². The molecule has 4 rings (SSSR count). The van der Waals surface area contributed by atoms with E-state index in [4.69, 9.17) is 15.9 Å². The van der Waals surface area contributed by atoms with Crippen molar-refractivity contribution in [3.8, 4) is 12.3 Å². The predicted molar refractivity (Wildman–Crippen MR) is 85.3 cm³/mol. The number of terminal acetylenes is 1. The van der Waals surface area contributed by atoms with Crippen LogP contribution < -0.4 is 5.32 Å². The zero-order valence-electron chi connectivity index (χ0n) is 13.0. The zero-order chi connectivity index (χ0) is 16.8. The van der Waals surface area contributed by atoms with Crippen LogP contribution in [0.4, 0.5) is 0 Å². The molecule has 2 heterocycles. The molecule has 1 aromatic rings. The molecule has 3 aliphatic rings. The number of carbonyl (C=O) groups is 2. The number of nitrogens with one attached hydrogen (secondary N) is 1. The third-order valence-electron chi connectivity index (χ3n) is 4.74. The summed E-state index contributed by atoms with van der Waals surface area (Å²) in [7, 11) is 0. The molecule has 24 heavy (non-hydrogen) atoms. The fourth-order valence-electron chi connectivity index (χ4n) is 3.53. The fraction of sp³-hybridized carbons (Fsp3) is 0.263. The van der Waals surface area contributed by atoms with Crippen LogP contribution in [0, 0.1) is 18.3 Å². The first-order valence-corrected chi connectivity index (χ1v) is 7.72. The van der Waals surface area contributed by atoms with E-state index in [1.54, 1.807) is 13.0 Å². The van der Waals surface area contributed by atoms with Crippen molar-refractivity contribution in [2.75, 3.05) is 0 Å². The van der Waals surface area contributed by atoms with Gasteiger partial charge in [0, 0.05) is 23.1 Å². The number of esters is 1. The van der Waals surface area contributed by atoms with Crippen LogP contribution in [0.15, 0.2) is 41.7 Å². The van der Waals surface area contributed by atoms with E-state index in [1.165, 1.54) is 6.26 Å². The van der Waals surface area contributed by atoms with Crippen molar-refractivity contribution in [2.24, 2.45) is 5.92 Å². The highest BCUT2D eigenvalue weighted by atomic mass is 16.7. The number of hydrogen-bond donors (Lipinski definition) is 1. The summed E-state index contributed by atoms with van der Waals surface area (Å²) in [4.78, 5) is 23.6. The molecular formula is C19H15NO4. The van der Waals surface area contributed by atoms with E-state index in [9.17, 15) is 9.59 Å². The standard InChI is InChI=1S/C19H15NO4/c1-3-11-5-4-6-12-13(11)8-14-15(18(21)20-17(12)14)9-23-16-7-10(2)19(22)24-16/h1,4-7,9,14,16-17H,8H2,2H3,(H,20,21)/b15-9+/t14-,16-,17?/m1/s1. The van der Waals surface area contributed by atoms with E-state index in [-0.39, 0.29) is 17.9 Å². The second-order valence-corrected chi connectivity index (χ2v) is 6.11. The van der Waals surface area contributed by atoms with Gasteiger partial charge in [0.2, 0.25) is 0 Å². The average molecular weight is 321 g/mol. The van der Waals surface area contributed by atoms with Crippen LogP contribution in [0.1, 0.15) is 29.7 Å². The van der Waals surface area contributed by atoms with Gasteiger partial charge in [0.05, 0.1) is 17.9 Å². The molecule has 1 N–H and O–H groups in total. The molecule has 0 bridgehead atoms. The van der Waals surface area contributed by atoms with Gasteiger partial charge in [-0.1, -0.05) is 18.1 Å². The SMILES string of the molecule is C#Cc1cccc2c1C[C@@H]1/C(=C\O[C@H]3C=C(C)C(=O)O3)C(=O)NC21. The number of amides is 1. The van der Waals surface area contributed by atoms with Crippen molar-refractivity contribution < 1.29 is 19.1 Å². The van der Waals surface area contributed by atoms with Crippen LogP contribution in [0.25, 0.3) is 0 Å². The van der Waals surface area contributed by atoms with E-state index in [0.717, 1.165) is 16.7 Å². The number of benzene rings is 1. The molecule has 3 atom stereocenters. The molecule has 2 aliphatic heterocycles. The lowest BCUT2D eigenvalue weighted by molar-refractivity contribution is -0.152. The van der Waals surface area contributed by atoms with Gasteiger partial charge in [-0.15, -0.1) is 6.42 Å². The highest BCUT2D eigenvalue weighted by Gasteiger charge is 2.44. The first-order chi connectivity index (χ1) is 11.6. The van der Waals surface area contributed by atoms with Crippen molar-refractivity contribution in [1.82, 2.24) is 5.32 Å². The molecule has 1 saturated heterocycles. The first kappa shape index (κ1) is 14.6. The third-order valence-corrected chi connectivity index (χ3v) is 4.74. The quantitative estimate of drug-likeness (QED) is 0.390. The van der Waals surface area contributed by atoms with Gasteiger partial charge in [-0.05, 0) is 30.5 Å². The summed E-state index contributed by atoms with van der Waals surface area (Å²) < 4.78 is 10.5. The van der Waals surface area contributed by atoms with Crippen LogP contribution in [0.5, 0.6) is 0 Å². The number of fused-ring (bicyclic) bond motifs is 3. The summed E-state index contributed by atoms with van der Waals surface area (Å²) in [5, 5.41) is 2.99. The smallest absolute Gasteiger partial charge is 0.336 e. The van der Waals surface area contributed by atoms with Crippen molar-refractivity contribution in [3.63, 3.8) is 0 Å². The van der Waals surface area contributed by atoms with Crippen LogP contribution in [-0.2, 0) is 25.5 Å². The second-order valence-electron chi connectivity index (χ2n) is 6.11. The summed E-state index contributed by atoms with van der Waals surface area (Å²) >= 11 is 0. The molecule has 0 spiro atoms. The average Bonchev–Trinajstić information content (AvgIpc) is 3.18. The zero-order valence-corrected chi connectivity index (χ0v) is 13.0. The van der Waals surface area contributed by atoms with Gasteiger partial charge >= 0.3 is 5.97 Å². The number of hydrogen-bond acceptors (Lipinski definition) is 4. The van der Waals surface area contributed by atoms with Gasteiger partial charge in [0.15, 0.2) is 0 Å². The van der Waals surface area contributed by atoms with Crippen LogP contribution in [-0.4, -0.2) is 18.2 Å². The predicted octanol–water partition coefficient (Wildman–Crippen LogP) is 1.74. The van der Waals surface area contributed by atoms with Crippen molar-refractivity contribution >= 4 is 11.9 Å². The molecule has 1 aliphatic carbocycles. The maximum Gasteiger partial charge on any atom is 0.336 e. The molecular weight excluding hydrogens is 306 g/mol. The number of cyclic esters (lactones) is 1. The van der Waals surface area contributed by atoms with Crippen LogP contribution in [0.2, 0.25) is 0 Å². The third kappa shape index (κ3) is 2.11. The fourth-order valence-corrected chi connectivity index (χ4v) is 3.53. The molecule has 1 unspecified atom stereocenters. The summed E-state index contributed by atoms with van der Waals surface area (Å²) in [6.07, 6.45) is 8.48. The molecule has 1 aromatic carbocycles. The summed E-state index contributed by atoms with van der Waals surface area (Å²) in [5.41, 5.74) is 4.08. The lowest BCUT2D eigenvalue weighted by Crippen LogP contribution is -2.19. The molecule has 5 nitrogen and oxygen atoms in total. The second kappa shape index (κ2) is 5.27. The van der Waals surface area contributed by atoms with Crippen molar-refractivity contribution in [2.45, 2.75) is 25.7 Å². The lowest BCUT2D eigenvalue weighted by atomic mass is 9.97. The van der Waals surface area contributed by atoms with E-state index >= 15 is 0 Å². The van der Waals surface area contributed by atoms with Gasteiger partial charge in [-0.2, -0.15) is 0 Å². The Bertz CT molecular complexity index is 859. The molecule has 1 fully saturated rings. The molecule has 120 valence electrons. The Morgan fingerprint density at radius 1 is 1.42 bits per heavy atom. The molecule has 0 saturated carbocycles. The Morgan fingerprint density at radius 2 is 2.25 bits per heavy atom. The Morgan fingerprint density at radius 3 is 2.96 bits per heavy atom. The minimum atomic E-state index is -0.776. The summed E-state index contributed by atoms with van der Waals surface area (Å²) in [6.45, 7) is 1.66. The van der Waals surface area contributed by atoms with Gasteiger partial charge in [-0.3, -0.25) is 4.79 Å². The molecule has 0 aromatic heterocycles. The Hall–Kier alpha value is -3.00. The van der Waals surface area contributed by atoms with Crippen molar-refractivity contribution in [1.29, 1.82) is 0 Å². The van der Waals surface area contributed by atoms with E-state index < -0.39 is 12.3 Å². The molecule has 0 radical (unpaired) electrons. The Labute approximate surface area is 139 Å². The minimum Gasteiger partial charge on any atom is -0.458 e. The minimum absolute atomic E-state index is 0.0239. The highest BCUT2D eigenvalue weighted by Crippen LogP contribution is 2.45. The van der Waals surface area contributed by atoms with Gasteiger partial charge < -0.3 is 14.8 Å². The normalized spacial score (nSPS) is 28.8. The maximum absolute atomic E-state index is 12.3.